The Morgan fingerprint density at radius 3 is 2.91 bits per heavy atom. The summed E-state index contributed by atoms with van der Waals surface area (Å²) in [7, 11) is 1.66. The molecule has 2 heterocycles. The fourth-order valence-corrected chi connectivity index (χ4v) is 3.65. The van der Waals surface area contributed by atoms with Gasteiger partial charge in [0.15, 0.2) is 0 Å². The normalized spacial score (nSPS) is 28.0. The van der Waals surface area contributed by atoms with Gasteiger partial charge in [-0.2, -0.15) is 5.10 Å². The first kappa shape index (κ1) is 15.4. The number of carbonyl (C=O) groups excluding carboxylic acids is 1. The molecule has 22 heavy (non-hydrogen) atoms. The number of hydrogen-bond donors (Lipinski definition) is 2. The van der Waals surface area contributed by atoms with Gasteiger partial charge < -0.3 is 14.7 Å². The van der Waals surface area contributed by atoms with E-state index in [1.165, 1.54) is 6.33 Å². The van der Waals surface area contributed by atoms with Crippen LogP contribution in [0.5, 0.6) is 0 Å². The number of aromatic nitrogens is 3. The quantitative estimate of drug-likeness (QED) is 0.871. The summed E-state index contributed by atoms with van der Waals surface area (Å²) in [5, 5.41) is 17.4. The molecule has 3 rings (SSSR count). The molecule has 1 aliphatic heterocycles. The molecule has 1 aromatic rings. The number of nitrogens with one attached hydrogen (secondary N) is 1. The summed E-state index contributed by atoms with van der Waals surface area (Å²) < 4.78 is 5.42. The third-order valence-corrected chi connectivity index (χ3v) is 4.93. The Morgan fingerprint density at radius 1 is 1.50 bits per heavy atom. The molecule has 0 aromatic carbocycles. The molecule has 7 nitrogen and oxygen atoms in total. The second-order valence-corrected chi connectivity index (χ2v) is 6.49. The van der Waals surface area contributed by atoms with Crippen molar-refractivity contribution < 1.29 is 14.6 Å². The van der Waals surface area contributed by atoms with E-state index in [0.29, 0.717) is 31.6 Å². The summed E-state index contributed by atoms with van der Waals surface area (Å²) in [6.45, 7) is 0.538. The zero-order valence-corrected chi connectivity index (χ0v) is 13.0. The Hall–Kier alpha value is -1.47. The molecule has 0 radical (unpaired) electrons. The third kappa shape index (κ3) is 3.15. The fourth-order valence-electron chi connectivity index (χ4n) is 3.65. The maximum atomic E-state index is 12.7. The summed E-state index contributed by atoms with van der Waals surface area (Å²) in [5.41, 5.74) is -0.841. The lowest BCUT2D eigenvalue weighted by Crippen LogP contribution is -2.41. The van der Waals surface area contributed by atoms with Gasteiger partial charge in [-0.25, -0.2) is 4.98 Å². The zero-order valence-electron chi connectivity index (χ0n) is 13.0. The van der Waals surface area contributed by atoms with Crippen molar-refractivity contribution in [1.82, 2.24) is 20.1 Å². The minimum atomic E-state index is -0.841. The maximum Gasteiger partial charge on any atom is 0.226 e. The predicted octanol–water partition coefficient (Wildman–Crippen LogP) is 1.18. The standard InChI is InChI=1S/C15H24N4O3/c1-22-11-7-12(14-16-10-17-18-14)19(9-11)13(20)8-15(21)5-3-2-4-6-15/h10-12,21H,2-9H2,1H3,(H,16,17,18)/t11-,12+/m1/s1. The first-order valence-corrected chi connectivity index (χ1v) is 8.01. The summed E-state index contributed by atoms with van der Waals surface area (Å²) in [6.07, 6.45) is 6.91. The highest BCUT2D eigenvalue weighted by Crippen LogP contribution is 2.36. The van der Waals surface area contributed by atoms with E-state index in [-0.39, 0.29) is 24.5 Å². The van der Waals surface area contributed by atoms with Crippen LogP contribution in [0.2, 0.25) is 0 Å². The molecule has 1 saturated heterocycles. The largest absolute Gasteiger partial charge is 0.389 e. The van der Waals surface area contributed by atoms with Crippen molar-refractivity contribution in [3.05, 3.63) is 12.2 Å². The average molecular weight is 308 g/mol. The highest BCUT2D eigenvalue weighted by molar-refractivity contribution is 5.78. The first-order chi connectivity index (χ1) is 10.6. The lowest BCUT2D eigenvalue weighted by atomic mass is 9.82. The number of nitrogens with zero attached hydrogens (tertiary/aromatic N) is 3. The van der Waals surface area contributed by atoms with E-state index in [1.54, 1.807) is 12.0 Å². The molecule has 2 atom stereocenters. The van der Waals surface area contributed by atoms with Gasteiger partial charge >= 0.3 is 0 Å². The van der Waals surface area contributed by atoms with Gasteiger partial charge in [0.2, 0.25) is 5.91 Å². The topological polar surface area (TPSA) is 91.3 Å². The Kier molecular flexibility index (Phi) is 4.44. The van der Waals surface area contributed by atoms with E-state index in [1.807, 2.05) is 0 Å². The average Bonchev–Trinajstić information content (AvgIpc) is 3.16. The molecule has 1 aromatic heterocycles. The van der Waals surface area contributed by atoms with E-state index >= 15 is 0 Å². The minimum absolute atomic E-state index is 0.0000451. The zero-order chi connectivity index (χ0) is 15.6. The van der Waals surface area contributed by atoms with Crippen LogP contribution in [0.4, 0.5) is 0 Å². The minimum Gasteiger partial charge on any atom is -0.389 e. The molecule has 0 unspecified atom stereocenters. The van der Waals surface area contributed by atoms with E-state index in [4.69, 9.17) is 4.74 Å². The molecule has 2 fully saturated rings. The van der Waals surface area contributed by atoms with Crippen molar-refractivity contribution in [2.24, 2.45) is 0 Å². The summed E-state index contributed by atoms with van der Waals surface area (Å²) in [5.74, 6) is 0.661. The van der Waals surface area contributed by atoms with E-state index < -0.39 is 5.60 Å². The monoisotopic (exact) mass is 308 g/mol. The highest BCUT2D eigenvalue weighted by Gasteiger charge is 2.41. The van der Waals surface area contributed by atoms with Crippen molar-refractivity contribution in [1.29, 1.82) is 0 Å². The second kappa shape index (κ2) is 6.34. The molecule has 2 N–H and O–H groups in total. The number of aliphatic hydroxyl groups is 1. The Labute approximate surface area is 130 Å². The molecule has 7 heteroatoms. The van der Waals surface area contributed by atoms with Gasteiger partial charge in [-0.1, -0.05) is 19.3 Å². The van der Waals surface area contributed by atoms with Crippen molar-refractivity contribution in [2.45, 2.75) is 62.7 Å². The van der Waals surface area contributed by atoms with Crippen LogP contribution in [0.1, 0.15) is 56.8 Å². The molecule has 1 amide bonds. The molecular formula is C15H24N4O3. The smallest absolute Gasteiger partial charge is 0.226 e. The SMILES string of the molecule is CO[C@@H]1C[C@@H](c2ncn[nH]2)N(C(=O)CC2(O)CCCCC2)C1. The van der Waals surface area contributed by atoms with E-state index in [2.05, 4.69) is 15.2 Å². The van der Waals surface area contributed by atoms with Crippen LogP contribution in [0, 0.1) is 0 Å². The van der Waals surface area contributed by atoms with Crippen LogP contribution >= 0.6 is 0 Å². The first-order valence-electron chi connectivity index (χ1n) is 8.01. The maximum absolute atomic E-state index is 12.7. The molecular weight excluding hydrogens is 284 g/mol. The van der Waals surface area contributed by atoms with Gasteiger partial charge in [-0.15, -0.1) is 0 Å². The van der Waals surface area contributed by atoms with Crippen LogP contribution in [0.15, 0.2) is 6.33 Å². The summed E-state index contributed by atoms with van der Waals surface area (Å²) in [4.78, 5) is 18.7. The molecule has 1 aliphatic carbocycles. The lowest BCUT2D eigenvalue weighted by Gasteiger charge is -2.33. The number of carbonyl (C=O) groups is 1. The third-order valence-electron chi connectivity index (χ3n) is 4.93. The van der Waals surface area contributed by atoms with Crippen LogP contribution < -0.4 is 0 Å². The number of amides is 1. The molecule has 0 spiro atoms. The van der Waals surface area contributed by atoms with Gasteiger partial charge in [0.25, 0.3) is 0 Å². The highest BCUT2D eigenvalue weighted by atomic mass is 16.5. The number of hydrogen-bond acceptors (Lipinski definition) is 5. The number of methoxy groups -OCH3 is 1. The van der Waals surface area contributed by atoms with Crippen molar-refractivity contribution in [3.8, 4) is 0 Å². The van der Waals surface area contributed by atoms with Crippen LogP contribution in [-0.4, -0.2) is 56.5 Å². The molecule has 0 bridgehead atoms. The van der Waals surface area contributed by atoms with Gasteiger partial charge in [0.05, 0.1) is 24.2 Å². The molecule has 2 aliphatic rings. The fraction of sp³-hybridized carbons (Fsp3) is 0.800. The molecule has 1 saturated carbocycles. The van der Waals surface area contributed by atoms with Crippen molar-refractivity contribution >= 4 is 5.91 Å². The summed E-state index contributed by atoms with van der Waals surface area (Å²) in [6, 6.07) is -0.146. The Morgan fingerprint density at radius 2 is 2.27 bits per heavy atom. The number of ether oxygens (including phenoxy) is 1. The lowest BCUT2D eigenvalue weighted by molar-refractivity contribution is -0.139. The van der Waals surface area contributed by atoms with Gasteiger partial charge in [0.1, 0.15) is 12.2 Å². The van der Waals surface area contributed by atoms with Crippen molar-refractivity contribution in [2.75, 3.05) is 13.7 Å². The van der Waals surface area contributed by atoms with E-state index in [9.17, 15) is 9.90 Å². The number of likely N-dealkylation sites (tertiary alicyclic amines) is 1. The summed E-state index contributed by atoms with van der Waals surface area (Å²) >= 11 is 0. The Bertz CT molecular complexity index is 499. The van der Waals surface area contributed by atoms with Gasteiger partial charge in [0, 0.05) is 20.1 Å². The van der Waals surface area contributed by atoms with Crippen LogP contribution in [-0.2, 0) is 9.53 Å². The van der Waals surface area contributed by atoms with Gasteiger partial charge in [-0.3, -0.25) is 9.89 Å². The van der Waals surface area contributed by atoms with E-state index in [0.717, 1.165) is 19.3 Å². The predicted molar refractivity (Wildman–Crippen MR) is 78.9 cm³/mol. The van der Waals surface area contributed by atoms with Gasteiger partial charge in [-0.05, 0) is 12.8 Å². The van der Waals surface area contributed by atoms with Crippen molar-refractivity contribution in [3.63, 3.8) is 0 Å². The van der Waals surface area contributed by atoms with Crippen LogP contribution in [0.25, 0.3) is 0 Å². The number of aromatic amines is 1. The van der Waals surface area contributed by atoms with Crippen LogP contribution in [0.3, 0.4) is 0 Å². The number of H-pyrrole nitrogens is 1. The Balaban J connectivity index is 1.71. The number of rotatable bonds is 4. The second-order valence-electron chi connectivity index (χ2n) is 6.49. The molecule has 122 valence electrons.